The number of hydrogen-bond acceptors (Lipinski definition) is 4. The summed E-state index contributed by atoms with van der Waals surface area (Å²) in [5, 5.41) is 7.74. The van der Waals surface area contributed by atoms with E-state index in [2.05, 4.69) is 5.32 Å². The van der Waals surface area contributed by atoms with Crippen LogP contribution in [0.5, 0.6) is 0 Å². The summed E-state index contributed by atoms with van der Waals surface area (Å²) in [4.78, 5) is 12.1. The van der Waals surface area contributed by atoms with Crippen LogP contribution in [0.2, 0.25) is 0 Å². The van der Waals surface area contributed by atoms with Crippen LogP contribution in [0.25, 0.3) is 0 Å². The number of ether oxygens (including phenoxy) is 1. The molecular formula is C13H18N2O4S. The van der Waals surface area contributed by atoms with Gasteiger partial charge in [0, 0.05) is 12.3 Å². The molecule has 1 saturated heterocycles. The SMILES string of the molecule is CC1(C(=O)Nc2ccc(CS(N)(=O)=O)cc2)CCCO1. The van der Waals surface area contributed by atoms with Gasteiger partial charge in [-0.25, -0.2) is 13.6 Å². The summed E-state index contributed by atoms with van der Waals surface area (Å²) >= 11 is 0. The van der Waals surface area contributed by atoms with Crippen LogP contribution in [0.4, 0.5) is 5.69 Å². The Balaban J connectivity index is 2.02. The Morgan fingerprint density at radius 1 is 1.40 bits per heavy atom. The van der Waals surface area contributed by atoms with E-state index in [9.17, 15) is 13.2 Å². The van der Waals surface area contributed by atoms with Crippen molar-refractivity contribution >= 4 is 21.6 Å². The molecule has 7 heteroatoms. The number of primary sulfonamides is 1. The van der Waals surface area contributed by atoms with E-state index >= 15 is 0 Å². The Labute approximate surface area is 118 Å². The maximum atomic E-state index is 12.1. The summed E-state index contributed by atoms with van der Waals surface area (Å²) in [6, 6.07) is 6.54. The van der Waals surface area contributed by atoms with Crippen LogP contribution in [0.3, 0.4) is 0 Å². The van der Waals surface area contributed by atoms with Gasteiger partial charge in [0.1, 0.15) is 5.60 Å². The Morgan fingerprint density at radius 3 is 2.55 bits per heavy atom. The van der Waals surface area contributed by atoms with Crippen molar-refractivity contribution in [2.24, 2.45) is 5.14 Å². The van der Waals surface area contributed by atoms with Gasteiger partial charge in [-0.2, -0.15) is 0 Å². The quantitative estimate of drug-likeness (QED) is 0.865. The highest BCUT2D eigenvalue weighted by Gasteiger charge is 2.37. The number of nitrogens with one attached hydrogen (secondary N) is 1. The predicted octanol–water partition coefficient (Wildman–Crippen LogP) is 0.983. The van der Waals surface area contributed by atoms with Crippen LogP contribution < -0.4 is 10.5 Å². The maximum absolute atomic E-state index is 12.1. The topological polar surface area (TPSA) is 98.5 Å². The fourth-order valence-corrected chi connectivity index (χ4v) is 2.80. The van der Waals surface area contributed by atoms with E-state index in [0.29, 0.717) is 24.3 Å². The Hall–Kier alpha value is -1.44. The van der Waals surface area contributed by atoms with E-state index in [1.165, 1.54) is 0 Å². The highest BCUT2D eigenvalue weighted by atomic mass is 32.2. The lowest BCUT2D eigenvalue weighted by Crippen LogP contribution is -2.39. The third kappa shape index (κ3) is 3.78. The molecule has 1 heterocycles. The van der Waals surface area contributed by atoms with E-state index in [4.69, 9.17) is 9.88 Å². The van der Waals surface area contributed by atoms with Gasteiger partial charge in [0.25, 0.3) is 5.91 Å². The molecule has 0 radical (unpaired) electrons. The minimum Gasteiger partial charge on any atom is -0.365 e. The second-order valence-electron chi connectivity index (χ2n) is 5.14. The molecule has 1 fully saturated rings. The van der Waals surface area contributed by atoms with Crippen LogP contribution in [0.15, 0.2) is 24.3 Å². The van der Waals surface area contributed by atoms with Crippen molar-refractivity contribution in [2.45, 2.75) is 31.1 Å². The number of rotatable bonds is 4. The molecule has 1 aromatic rings. The van der Waals surface area contributed by atoms with Crippen molar-refractivity contribution in [1.29, 1.82) is 0 Å². The molecule has 1 unspecified atom stereocenters. The first-order chi connectivity index (χ1) is 9.28. The zero-order valence-corrected chi connectivity index (χ0v) is 12.1. The van der Waals surface area contributed by atoms with Crippen LogP contribution >= 0.6 is 0 Å². The van der Waals surface area contributed by atoms with Gasteiger partial charge >= 0.3 is 0 Å². The zero-order chi connectivity index (χ0) is 14.8. The molecule has 0 spiro atoms. The van der Waals surface area contributed by atoms with Crippen molar-refractivity contribution in [3.05, 3.63) is 29.8 Å². The van der Waals surface area contributed by atoms with Crippen molar-refractivity contribution in [1.82, 2.24) is 0 Å². The molecule has 2 rings (SSSR count). The first kappa shape index (κ1) is 15.0. The van der Waals surface area contributed by atoms with E-state index < -0.39 is 15.6 Å². The lowest BCUT2D eigenvalue weighted by Gasteiger charge is -2.21. The molecule has 1 aliphatic heterocycles. The second kappa shape index (κ2) is 5.51. The van der Waals surface area contributed by atoms with Crippen molar-refractivity contribution in [2.75, 3.05) is 11.9 Å². The highest BCUT2D eigenvalue weighted by molar-refractivity contribution is 7.88. The summed E-state index contributed by atoms with van der Waals surface area (Å²) in [5.41, 5.74) is 0.401. The molecule has 20 heavy (non-hydrogen) atoms. The summed E-state index contributed by atoms with van der Waals surface area (Å²) in [7, 11) is -3.54. The third-order valence-electron chi connectivity index (χ3n) is 3.28. The average molecular weight is 298 g/mol. The smallest absolute Gasteiger partial charge is 0.256 e. The second-order valence-corrected chi connectivity index (χ2v) is 6.76. The minimum absolute atomic E-state index is 0.186. The molecule has 0 aliphatic carbocycles. The number of sulfonamides is 1. The number of benzene rings is 1. The molecular weight excluding hydrogens is 280 g/mol. The number of carbonyl (C=O) groups is 1. The van der Waals surface area contributed by atoms with E-state index in [1.807, 2.05) is 0 Å². The first-order valence-electron chi connectivity index (χ1n) is 6.33. The molecule has 1 atom stereocenters. The van der Waals surface area contributed by atoms with E-state index in [-0.39, 0.29) is 11.7 Å². The first-order valence-corrected chi connectivity index (χ1v) is 8.05. The largest absolute Gasteiger partial charge is 0.365 e. The van der Waals surface area contributed by atoms with Crippen LogP contribution in [0, 0.1) is 0 Å². The number of amides is 1. The molecule has 0 aromatic heterocycles. The fourth-order valence-electron chi connectivity index (χ4n) is 2.14. The monoisotopic (exact) mass is 298 g/mol. The molecule has 1 aliphatic rings. The lowest BCUT2D eigenvalue weighted by atomic mass is 10.0. The number of nitrogens with two attached hydrogens (primary N) is 1. The third-order valence-corrected chi connectivity index (χ3v) is 4.01. The molecule has 1 aromatic carbocycles. The lowest BCUT2D eigenvalue weighted by molar-refractivity contribution is -0.133. The summed E-state index contributed by atoms with van der Waals surface area (Å²) in [6.45, 7) is 2.36. The van der Waals surface area contributed by atoms with Gasteiger partial charge < -0.3 is 10.1 Å². The Morgan fingerprint density at radius 2 is 2.05 bits per heavy atom. The molecule has 110 valence electrons. The number of carbonyl (C=O) groups excluding carboxylic acids is 1. The zero-order valence-electron chi connectivity index (χ0n) is 11.3. The Bertz CT molecular complexity index is 589. The molecule has 0 bridgehead atoms. The normalized spacial score (nSPS) is 22.7. The molecule has 6 nitrogen and oxygen atoms in total. The Kier molecular flexibility index (Phi) is 4.12. The van der Waals surface area contributed by atoms with Crippen molar-refractivity contribution in [3.8, 4) is 0 Å². The number of anilines is 1. The minimum atomic E-state index is -3.54. The number of hydrogen-bond donors (Lipinski definition) is 2. The molecule has 0 saturated carbocycles. The van der Waals surface area contributed by atoms with Crippen LogP contribution in [-0.2, 0) is 25.3 Å². The van der Waals surface area contributed by atoms with Gasteiger partial charge in [0.15, 0.2) is 0 Å². The fraction of sp³-hybridized carbons (Fsp3) is 0.462. The van der Waals surface area contributed by atoms with Gasteiger partial charge in [-0.15, -0.1) is 0 Å². The van der Waals surface area contributed by atoms with Crippen molar-refractivity contribution in [3.63, 3.8) is 0 Å². The van der Waals surface area contributed by atoms with Gasteiger partial charge in [-0.1, -0.05) is 12.1 Å². The average Bonchev–Trinajstić information content (AvgIpc) is 2.78. The van der Waals surface area contributed by atoms with Gasteiger partial charge in [-0.3, -0.25) is 4.79 Å². The predicted molar refractivity (Wildman–Crippen MR) is 75.5 cm³/mol. The standard InChI is InChI=1S/C13H18N2O4S/c1-13(7-2-8-19-13)12(16)15-11-5-3-10(4-6-11)9-20(14,17)18/h3-6H,2,7-9H2,1H3,(H,15,16)(H2,14,17,18). The van der Waals surface area contributed by atoms with E-state index in [0.717, 1.165) is 6.42 Å². The van der Waals surface area contributed by atoms with E-state index in [1.54, 1.807) is 31.2 Å². The maximum Gasteiger partial charge on any atom is 0.256 e. The van der Waals surface area contributed by atoms with Crippen LogP contribution in [-0.4, -0.2) is 26.5 Å². The van der Waals surface area contributed by atoms with Gasteiger partial charge in [-0.05, 0) is 37.5 Å². The summed E-state index contributed by atoms with van der Waals surface area (Å²) < 4.78 is 27.4. The van der Waals surface area contributed by atoms with Gasteiger partial charge in [0.2, 0.25) is 10.0 Å². The summed E-state index contributed by atoms with van der Waals surface area (Å²) in [5.74, 6) is -0.406. The summed E-state index contributed by atoms with van der Waals surface area (Å²) in [6.07, 6.45) is 1.57. The molecule has 1 amide bonds. The van der Waals surface area contributed by atoms with Crippen molar-refractivity contribution < 1.29 is 17.9 Å². The van der Waals surface area contributed by atoms with Gasteiger partial charge in [0.05, 0.1) is 5.75 Å². The highest BCUT2D eigenvalue weighted by Crippen LogP contribution is 2.26. The van der Waals surface area contributed by atoms with Crippen LogP contribution in [0.1, 0.15) is 25.3 Å². The molecule has 3 N–H and O–H groups in total.